The van der Waals surface area contributed by atoms with E-state index in [0.29, 0.717) is 11.3 Å². The van der Waals surface area contributed by atoms with Gasteiger partial charge >= 0.3 is 0 Å². The van der Waals surface area contributed by atoms with Crippen LogP contribution in [-0.2, 0) is 14.8 Å². The Morgan fingerprint density at radius 2 is 1.79 bits per heavy atom. The monoisotopic (exact) mass is 422 g/mol. The summed E-state index contributed by atoms with van der Waals surface area (Å²) in [6, 6.07) is 9.50. The second-order valence-corrected chi connectivity index (χ2v) is 7.25. The molecule has 154 valence electrons. The van der Waals surface area contributed by atoms with E-state index in [1.807, 2.05) is 0 Å². The van der Waals surface area contributed by atoms with Crippen LogP contribution in [0.25, 0.3) is 0 Å². The molecule has 0 bridgehead atoms. The molecule has 0 heterocycles. The summed E-state index contributed by atoms with van der Waals surface area (Å²) in [5.41, 5.74) is 2.60. The minimum atomic E-state index is -3.97. The summed E-state index contributed by atoms with van der Waals surface area (Å²) < 4.78 is 36.9. The van der Waals surface area contributed by atoms with Crippen LogP contribution < -0.4 is 19.6 Å². The van der Waals surface area contributed by atoms with Crippen LogP contribution in [0.4, 0.5) is 5.69 Å². The van der Waals surface area contributed by atoms with Crippen molar-refractivity contribution in [1.29, 1.82) is 0 Å². The zero-order valence-electron chi connectivity index (χ0n) is 15.5. The minimum Gasteiger partial charge on any atom is -0.493 e. The van der Waals surface area contributed by atoms with E-state index in [1.165, 1.54) is 62.9 Å². The molecule has 1 amide bonds. The zero-order chi connectivity index (χ0) is 21.4. The van der Waals surface area contributed by atoms with Gasteiger partial charge in [-0.15, -0.1) is 0 Å². The molecule has 2 aromatic carbocycles. The molecule has 2 N–H and O–H groups in total. The number of methoxy groups -OCH3 is 2. The number of hydrogen-bond acceptors (Lipinski definition) is 8. The Balaban J connectivity index is 1.93. The van der Waals surface area contributed by atoms with E-state index in [4.69, 9.17) is 9.47 Å². The number of rotatable bonds is 9. The van der Waals surface area contributed by atoms with Gasteiger partial charge in [0.05, 0.1) is 36.8 Å². The van der Waals surface area contributed by atoms with Crippen LogP contribution in [0.1, 0.15) is 5.56 Å². The van der Waals surface area contributed by atoms with Crippen molar-refractivity contribution in [1.82, 2.24) is 10.1 Å². The smallest absolute Gasteiger partial charge is 0.269 e. The van der Waals surface area contributed by atoms with E-state index in [1.54, 1.807) is 0 Å². The lowest BCUT2D eigenvalue weighted by atomic mass is 10.2. The van der Waals surface area contributed by atoms with Crippen LogP contribution in [0.5, 0.6) is 11.5 Å². The Morgan fingerprint density at radius 1 is 1.14 bits per heavy atom. The van der Waals surface area contributed by atoms with Crippen molar-refractivity contribution < 1.29 is 27.6 Å². The topological polar surface area (TPSA) is 149 Å². The average molecular weight is 422 g/mol. The SMILES string of the molecule is COc1ccc(S(=O)(=O)NCC(=O)N/N=C\c2ccc([N+](=O)[O-])cc2)cc1OC. The highest BCUT2D eigenvalue weighted by molar-refractivity contribution is 7.89. The van der Waals surface area contributed by atoms with Crippen molar-refractivity contribution in [2.45, 2.75) is 4.90 Å². The van der Waals surface area contributed by atoms with Crippen molar-refractivity contribution >= 4 is 27.8 Å². The van der Waals surface area contributed by atoms with Crippen molar-refractivity contribution in [3.8, 4) is 11.5 Å². The first-order chi connectivity index (χ1) is 13.8. The first-order valence-corrected chi connectivity index (χ1v) is 9.53. The van der Waals surface area contributed by atoms with Gasteiger partial charge in [-0.2, -0.15) is 5.10 Å². The number of amides is 1. The lowest BCUT2D eigenvalue weighted by Gasteiger charge is -2.10. The predicted molar refractivity (Wildman–Crippen MR) is 104 cm³/mol. The number of nitrogens with one attached hydrogen (secondary N) is 2. The molecule has 2 rings (SSSR count). The van der Waals surface area contributed by atoms with Crippen molar-refractivity contribution in [3.05, 3.63) is 58.1 Å². The molecule has 0 saturated heterocycles. The third-order valence-electron chi connectivity index (χ3n) is 3.59. The van der Waals surface area contributed by atoms with Crippen molar-refractivity contribution in [2.24, 2.45) is 5.10 Å². The van der Waals surface area contributed by atoms with Crippen LogP contribution in [-0.4, -0.2) is 46.2 Å². The lowest BCUT2D eigenvalue weighted by Crippen LogP contribution is -2.34. The summed E-state index contributed by atoms with van der Waals surface area (Å²) in [7, 11) is -1.17. The maximum absolute atomic E-state index is 12.3. The summed E-state index contributed by atoms with van der Waals surface area (Å²) in [6.07, 6.45) is 1.27. The summed E-state index contributed by atoms with van der Waals surface area (Å²) in [4.78, 5) is 21.7. The molecule has 12 heteroatoms. The molecular formula is C17H18N4O7S. The molecule has 0 spiro atoms. The number of nitro groups is 1. The van der Waals surface area contributed by atoms with Crippen LogP contribution in [0, 0.1) is 10.1 Å². The van der Waals surface area contributed by atoms with Gasteiger partial charge in [-0.05, 0) is 29.8 Å². The molecule has 0 unspecified atom stereocenters. The maximum atomic E-state index is 12.3. The zero-order valence-corrected chi connectivity index (χ0v) is 16.3. The summed E-state index contributed by atoms with van der Waals surface area (Å²) in [5, 5.41) is 14.3. The van der Waals surface area contributed by atoms with E-state index in [9.17, 15) is 23.3 Å². The highest BCUT2D eigenvalue weighted by atomic mass is 32.2. The second kappa shape index (κ2) is 9.61. The van der Waals surface area contributed by atoms with Crippen molar-refractivity contribution in [3.63, 3.8) is 0 Å². The molecule has 0 fully saturated rings. The summed E-state index contributed by atoms with van der Waals surface area (Å²) in [6.45, 7) is -0.547. The quantitative estimate of drug-likeness (QED) is 0.348. The third-order valence-corrected chi connectivity index (χ3v) is 4.99. The molecule has 0 aliphatic rings. The van der Waals surface area contributed by atoms with Gasteiger partial charge in [0.2, 0.25) is 10.0 Å². The number of carbonyl (C=O) groups excluding carboxylic acids is 1. The van der Waals surface area contributed by atoms with Gasteiger partial charge in [0.25, 0.3) is 11.6 Å². The Morgan fingerprint density at radius 3 is 2.38 bits per heavy atom. The van der Waals surface area contributed by atoms with Gasteiger partial charge in [0.15, 0.2) is 11.5 Å². The van der Waals surface area contributed by atoms with E-state index >= 15 is 0 Å². The molecule has 0 radical (unpaired) electrons. The van der Waals surface area contributed by atoms with E-state index < -0.39 is 27.4 Å². The standard InChI is InChI=1S/C17H18N4O7S/c1-27-15-8-7-14(9-16(15)28-2)29(25,26)19-11-17(22)20-18-10-12-3-5-13(6-4-12)21(23)24/h3-10,19H,11H2,1-2H3,(H,20,22)/b18-10-. The van der Waals surface area contributed by atoms with Gasteiger partial charge < -0.3 is 9.47 Å². The van der Waals surface area contributed by atoms with Crippen LogP contribution in [0.2, 0.25) is 0 Å². The van der Waals surface area contributed by atoms with Crippen LogP contribution >= 0.6 is 0 Å². The molecule has 0 aliphatic carbocycles. The third kappa shape index (κ3) is 5.99. The molecule has 0 saturated carbocycles. The van der Waals surface area contributed by atoms with E-state index in [-0.39, 0.29) is 16.3 Å². The predicted octanol–water partition coefficient (Wildman–Crippen LogP) is 1.04. The fraction of sp³-hybridized carbons (Fsp3) is 0.176. The summed E-state index contributed by atoms with van der Waals surface area (Å²) in [5.74, 6) is -0.107. The molecule has 0 aromatic heterocycles. The number of carbonyl (C=O) groups is 1. The molecule has 0 aliphatic heterocycles. The van der Waals surface area contributed by atoms with Crippen LogP contribution in [0.15, 0.2) is 52.5 Å². The number of nitrogens with zero attached hydrogens (tertiary/aromatic N) is 2. The molecule has 11 nitrogen and oxygen atoms in total. The number of hydrazone groups is 1. The Kier molecular flexibility index (Phi) is 7.22. The highest BCUT2D eigenvalue weighted by Gasteiger charge is 2.18. The van der Waals surface area contributed by atoms with E-state index in [2.05, 4.69) is 15.2 Å². The molecule has 29 heavy (non-hydrogen) atoms. The number of benzene rings is 2. The van der Waals surface area contributed by atoms with E-state index in [0.717, 1.165) is 0 Å². The summed E-state index contributed by atoms with van der Waals surface area (Å²) >= 11 is 0. The number of hydrogen-bond donors (Lipinski definition) is 2. The lowest BCUT2D eigenvalue weighted by molar-refractivity contribution is -0.384. The Hall–Kier alpha value is -3.51. The average Bonchev–Trinajstić information content (AvgIpc) is 2.72. The fourth-order valence-corrected chi connectivity index (χ4v) is 3.13. The second-order valence-electron chi connectivity index (χ2n) is 5.48. The van der Waals surface area contributed by atoms with Gasteiger partial charge in [-0.1, -0.05) is 0 Å². The van der Waals surface area contributed by atoms with Gasteiger partial charge in [-0.25, -0.2) is 18.6 Å². The fourth-order valence-electron chi connectivity index (χ4n) is 2.13. The largest absolute Gasteiger partial charge is 0.493 e. The normalized spacial score (nSPS) is 11.2. The van der Waals surface area contributed by atoms with Gasteiger partial charge in [0.1, 0.15) is 0 Å². The molecular weight excluding hydrogens is 404 g/mol. The minimum absolute atomic E-state index is 0.0734. The highest BCUT2D eigenvalue weighted by Crippen LogP contribution is 2.29. The molecule has 2 aromatic rings. The Labute approximate surface area is 166 Å². The maximum Gasteiger partial charge on any atom is 0.269 e. The van der Waals surface area contributed by atoms with Crippen LogP contribution in [0.3, 0.4) is 0 Å². The first kappa shape index (κ1) is 21.8. The Bertz CT molecular complexity index is 1020. The number of non-ortho nitro benzene ring substituents is 1. The van der Waals surface area contributed by atoms with Gasteiger partial charge in [0, 0.05) is 18.2 Å². The number of sulfonamides is 1. The first-order valence-electron chi connectivity index (χ1n) is 8.05. The van der Waals surface area contributed by atoms with Gasteiger partial charge in [-0.3, -0.25) is 14.9 Å². The number of nitro benzene ring substituents is 1. The van der Waals surface area contributed by atoms with Crippen molar-refractivity contribution in [2.75, 3.05) is 20.8 Å². The molecule has 0 atom stereocenters. The number of ether oxygens (including phenoxy) is 2.